The number of benzene rings is 3. The molecule has 2 N–H and O–H groups in total. The number of hydrogen-bond acceptors (Lipinski definition) is 3. The molecule has 308 valence electrons. The van der Waals surface area contributed by atoms with Crippen LogP contribution in [-0.4, -0.2) is 107 Å². The second-order valence-corrected chi connectivity index (χ2v) is 10.8. The lowest BCUT2D eigenvalue weighted by molar-refractivity contribution is -1.01. The first-order valence-corrected chi connectivity index (χ1v) is 13.7. The molecule has 4 rings (SSSR count). The van der Waals surface area contributed by atoms with Crippen molar-refractivity contribution >= 4 is 45.3 Å². The van der Waals surface area contributed by atoms with Crippen molar-refractivity contribution in [3.05, 3.63) is 83.9 Å². The summed E-state index contributed by atoms with van der Waals surface area (Å²) < 4.78 is 125. The molecule has 3 aromatic rings. The molecule has 1 aliphatic carbocycles. The molecule has 0 spiro atoms. The molecule has 0 saturated carbocycles. The van der Waals surface area contributed by atoms with Crippen LogP contribution in [0.3, 0.4) is 0 Å². The number of hydrogen-bond donors (Lipinski definition) is 2. The molecule has 0 fully saturated rings. The first-order valence-electron chi connectivity index (χ1n) is 13.7. The summed E-state index contributed by atoms with van der Waals surface area (Å²) in [5, 5.41) is 11.4. The molecule has 5 nitrogen and oxygen atoms in total. The summed E-state index contributed by atoms with van der Waals surface area (Å²) in [4.78, 5) is 14.3. The largest absolute Gasteiger partial charge is 1.00 e. The zero-order valence-electron chi connectivity index (χ0n) is 29.3. The molecule has 0 heterocycles. The summed E-state index contributed by atoms with van der Waals surface area (Å²) in [5.41, 5.74) is 0.203. The van der Waals surface area contributed by atoms with Crippen molar-refractivity contribution in [3.8, 4) is 5.75 Å². The van der Waals surface area contributed by atoms with Crippen molar-refractivity contribution in [2.75, 3.05) is 63.4 Å². The van der Waals surface area contributed by atoms with Gasteiger partial charge in [0.1, 0.15) is 26.9 Å². The second-order valence-electron chi connectivity index (χ2n) is 10.8. The summed E-state index contributed by atoms with van der Waals surface area (Å²) in [6.45, 7) is 0. The number of phenolic OH excluding ortho intramolecular Hbond substituents is 1. The van der Waals surface area contributed by atoms with Gasteiger partial charge in [0.2, 0.25) is 5.78 Å². The third-order valence-electron chi connectivity index (χ3n) is 3.76. The minimum Gasteiger partial charge on any atom is -1.00 e. The predicted molar refractivity (Wildman–Crippen MR) is 188 cm³/mol. The first-order chi connectivity index (χ1) is 22.1. The molecule has 0 atom stereocenters. The van der Waals surface area contributed by atoms with Gasteiger partial charge in [0, 0.05) is 5.56 Å². The van der Waals surface area contributed by atoms with Crippen molar-refractivity contribution in [3.63, 3.8) is 0 Å². The molecule has 53 heavy (non-hydrogen) atoms. The van der Waals surface area contributed by atoms with Gasteiger partial charge in [0.25, 0.3) is 0 Å². The van der Waals surface area contributed by atoms with E-state index in [4.69, 9.17) is 5.11 Å². The maximum absolute atomic E-state index is 13.2. The van der Waals surface area contributed by atoms with Crippen LogP contribution in [0.2, 0.25) is 0 Å². The van der Waals surface area contributed by atoms with E-state index in [1.165, 1.54) is 44.3 Å². The third kappa shape index (κ3) is 52.7. The van der Waals surface area contributed by atoms with Crippen LogP contribution in [0.5, 0.6) is 5.75 Å². The number of phenols is 1. The van der Waals surface area contributed by atoms with Crippen molar-refractivity contribution in [1.29, 1.82) is 0 Å². The van der Waals surface area contributed by atoms with Gasteiger partial charge in [0.05, 0.1) is 21.1 Å². The van der Waals surface area contributed by atoms with Gasteiger partial charge in [-0.3, -0.25) is 43.6 Å². The number of nitrogens with one attached hydrogen (secondary N) is 1. The van der Waals surface area contributed by atoms with Gasteiger partial charge in [-0.25, -0.2) is 0 Å². The average molecular weight is 795 g/mol. The number of aromatic hydroxyl groups is 1. The SMILES string of the molecule is C.C.CN(C)C.C[N+](C)(C)F.C[NH+](C)C.FB(F)F.FB(F)F.FB(F)F.O=C1C=Cc2ccccc2C1(F)F.Oc1ccc2ccccc2c1.[F-].[F-]. The number of rotatable bonds is 0. The van der Waals surface area contributed by atoms with E-state index in [2.05, 4.69) is 21.1 Å². The van der Waals surface area contributed by atoms with Crippen LogP contribution in [0.4, 0.5) is 52.1 Å². The Balaban J connectivity index is -0.0000000769. The van der Waals surface area contributed by atoms with Crippen molar-refractivity contribution in [2.45, 2.75) is 20.8 Å². The fourth-order valence-corrected chi connectivity index (χ4v) is 2.51. The Bertz CT molecular complexity index is 1250. The zero-order chi connectivity index (χ0) is 39.5. The third-order valence-corrected chi connectivity index (χ3v) is 3.76. The Morgan fingerprint density at radius 1 is 0.660 bits per heavy atom. The topological polar surface area (TPSA) is 45.0 Å². The number of ketones is 1. The average Bonchev–Trinajstić information content (AvgIpc) is 2.89. The number of quaternary nitrogens is 2. The standard InChI is InChI=1S/C10H6F2O.C10H8O.C3H9FN.2C3H9N.2CH4.3BF3.2FH/c11-10(12)8-4-2-1-3-7(8)5-6-9(10)13;11-10-6-5-8-3-1-2-4-9(8)7-10;1-5(2,3)4;2*1-4(2)3;;;3*2-1(3)4;;/h1-6H;1-7,11H;1-3H3;2*1-3H3;2*1H4;;;;2*1H/q;;+1;;;;;;;;;/p-1. The fraction of sp³-hybridized carbons (Fsp3) is 0.387. The van der Waals surface area contributed by atoms with E-state index < -0.39 is 39.0 Å². The highest BCUT2D eigenvalue weighted by atomic mass is 19.4. The summed E-state index contributed by atoms with van der Waals surface area (Å²) in [6.07, 6.45) is 2.33. The molecule has 0 radical (unpaired) electrons. The molecule has 0 unspecified atom stereocenters. The molecular formula is C31H50B3F14N3O2. The van der Waals surface area contributed by atoms with Gasteiger partial charge < -0.3 is 24.3 Å². The van der Waals surface area contributed by atoms with E-state index in [1.54, 1.807) is 24.3 Å². The fourth-order valence-electron chi connectivity index (χ4n) is 2.51. The van der Waals surface area contributed by atoms with Crippen LogP contribution >= 0.6 is 0 Å². The van der Waals surface area contributed by atoms with Gasteiger partial charge in [0.15, 0.2) is 0 Å². The Morgan fingerprint density at radius 3 is 1.32 bits per heavy atom. The minimum absolute atomic E-state index is 0. The molecule has 0 bridgehead atoms. The summed E-state index contributed by atoms with van der Waals surface area (Å²) in [5.74, 6) is -4.18. The lowest BCUT2D eigenvalue weighted by Crippen LogP contribution is -3.02. The molecule has 22 heteroatoms. The quantitative estimate of drug-likeness (QED) is 0.209. The number of fused-ring (bicyclic) bond motifs is 2. The Kier molecular flexibility index (Phi) is 46.5. The Labute approximate surface area is 305 Å². The van der Waals surface area contributed by atoms with Crippen LogP contribution in [0.25, 0.3) is 16.8 Å². The Morgan fingerprint density at radius 2 is 0.962 bits per heavy atom. The monoisotopic (exact) mass is 795 g/mol. The summed E-state index contributed by atoms with van der Waals surface area (Å²) >= 11 is 0. The highest BCUT2D eigenvalue weighted by Gasteiger charge is 2.42. The van der Waals surface area contributed by atoms with Gasteiger partial charge in [-0.15, -0.1) is 4.71 Å². The van der Waals surface area contributed by atoms with E-state index >= 15 is 0 Å². The zero-order valence-corrected chi connectivity index (χ0v) is 29.3. The maximum Gasteiger partial charge on any atom is 0.762 e. The van der Waals surface area contributed by atoms with Gasteiger partial charge in [-0.2, -0.15) is 8.78 Å². The van der Waals surface area contributed by atoms with E-state index in [0.717, 1.165) is 16.8 Å². The predicted octanol–water partition coefficient (Wildman–Crippen LogP) is 2.35. The number of carbonyl (C=O) groups excluding carboxylic acids is 1. The molecular weight excluding hydrogens is 745 g/mol. The number of nitrogens with zero attached hydrogens (tertiary/aromatic N) is 2. The van der Waals surface area contributed by atoms with Gasteiger partial charge in [-0.1, -0.05) is 75.5 Å². The highest BCUT2D eigenvalue weighted by Crippen LogP contribution is 2.35. The number of alkyl halides is 2. The van der Waals surface area contributed by atoms with E-state index in [1.807, 2.05) is 56.4 Å². The smallest absolute Gasteiger partial charge is 0.762 e. The number of carbonyl (C=O) groups is 1. The Hall–Kier alpha value is -3.78. The van der Waals surface area contributed by atoms with Crippen molar-refractivity contribution in [1.82, 2.24) is 4.90 Å². The minimum atomic E-state index is -3.67. The van der Waals surface area contributed by atoms with Crippen LogP contribution in [-0.2, 0) is 10.7 Å². The number of halogens is 14. The molecule has 0 amide bonds. The van der Waals surface area contributed by atoms with E-state index in [0.29, 0.717) is 11.3 Å². The van der Waals surface area contributed by atoms with Crippen molar-refractivity contribution < 1.29 is 81.0 Å². The lowest BCUT2D eigenvalue weighted by atomic mass is 9.93. The normalized spacial score (nSPS) is 10.7. The maximum atomic E-state index is 13.2. The van der Waals surface area contributed by atoms with Gasteiger partial charge in [-0.05, 0) is 60.2 Å². The molecule has 1 aliphatic rings. The highest BCUT2D eigenvalue weighted by molar-refractivity contribution is 6.33. The van der Waals surface area contributed by atoms with E-state index in [-0.39, 0.29) is 29.8 Å². The number of allylic oxidation sites excluding steroid dienone is 1. The molecule has 0 aliphatic heterocycles. The first kappa shape index (κ1) is 67.4. The van der Waals surface area contributed by atoms with Crippen LogP contribution in [0.15, 0.2) is 72.8 Å². The molecule has 3 aromatic carbocycles. The van der Waals surface area contributed by atoms with Crippen molar-refractivity contribution in [2.24, 2.45) is 0 Å². The van der Waals surface area contributed by atoms with E-state index in [9.17, 15) is 56.9 Å². The van der Waals surface area contributed by atoms with Crippen LogP contribution in [0.1, 0.15) is 26.0 Å². The molecule has 0 aromatic heterocycles. The summed E-state index contributed by atoms with van der Waals surface area (Å²) in [6, 6.07) is 19.3. The van der Waals surface area contributed by atoms with Crippen LogP contribution < -0.4 is 14.3 Å². The second kappa shape index (κ2) is 36.6. The molecule has 0 saturated heterocycles. The van der Waals surface area contributed by atoms with Gasteiger partial charge >= 0.3 is 28.6 Å². The van der Waals surface area contributed by atoms with Crippen LogP contribution in [0, 0.1) is 0 Å². The lowest BCUT2D eigenvalue weighted by Gasteiger charge is -2.19. The summed E-state index contributed by atoms with van der Waals surface area (Å²) in [7, 11) is 5.63.